The second-order valence-corrected chi connectivity index (χ2v) is 6.79. The fourth-order valence-corrected chi connectivity index (χ4v) is 4.00. The minimum absolute atomic E-state index is 0.0176. The molecule has 1 aliphatic carbocycles. The zero-order valence-electron chi connectivity index (χ0n) is 13.3. The van der Waals surface area contributed by atoms with Crippen molar-refractivity contribution in [1.29, 1.82) is 0 Å². The molecule has 0 aliphatic heterocycles. The Balaban J connectivity index is 1.78. The van der Waals surface area contributed by atoms with E-state index in [0.717, 1.165) is 23.4 Å². The maximum absolute atomic E-state index is 13.0. The average Bonchev–Trinajstić information content (AvgIpc) is 3.07. The number of benzene rings is 1. The summed E-state index contributed by atoms with van der Waals surface area (Å²) in [5.74, 6) is -0.250. The smallest absolute Gasteiger partial charge is 0.273 e. The molecule has 0 saturated heterocycles. The van der Waals surface area contributed by atoms with Crippen molar-refractivity contribution in [2.75, 3.05) is 6.54 Å². The monoisotopic (exact) mass is 332 g/mol. The third-order valence-corrected chi connectivity index (χ3v) is 5.32. The largest absolute Gasteiger partial charge is 0.335 e. The van der Waals surface area contributed by atoms with Gasteiger partial charge in [0.25, 0.3) is 5.91 Å². The van der Waals surface area contributed by atoms with Gasteiger partial charge < -0.3 is 4.90 Å². The number of carbonyl (C=O) groups is 1. The quantitative estimate of drug-likeness (QED) is 0.810. The van der Waals surface area contributed by atoms with Crippen LogP contribution in [0, 0.1) is 5.82 Å². The van der Waals surface area contributed by atoms with E-state index in [1.54, 1.807) is 12.1 Å². The fourth-order valence-electron chi connectivity index (χ4n) is 3.20. The van der Waals surface area contributed by atoms with Gasteiger partial charge in [0.1, 0.15) is 16.5 Å². The predicted molar refractivity (Wildman–Crippen MR) is 91.1 cm³/mol. The maximum Gasteiger partial charge on any atom is 0.273 e. The van der Waals surface area contributed by atoms with E-state index in [0.29, 0.717) is 18.3 Å². The van der Waals surface area contributed by atoms with Crippen molar-refractivity contribution in [1.82, 2.24) is 9.88 Å². The lowest BCUT2D eigenvalue weighted by Crippen LogP contribution is -2.41. The SMILES string of the molecule is CCN(C(=O)c1csc(-c2ccc(F)cc2)n1)C1CCCCC1. The molecular weight excluding hydrogens is 311 g/mol. The zero-order valence-corrected chi connectivity index (χ0v) is 14.1. The molecule has 0 bridgehead atoms. The normalized spacial score (nSPS) is 15.6. The molecule has 1 heterocycles. The van der Waals surface area contributed by atoms with Crippen LogP contribution in [-0.2, 0) is 0 Å². The number of hydrogen-bond donors (Lipinski definition) is 0. The summed E-state index contributed by atoms with van der Waals surface area (Å²) >= 11 is 1.43. The highest BCUT2D eigenvalue weighted by Crippen LogP contribution is 2.27. The van der Waals surface area contributed by atoms with Crippen LogP contribution in [0.3, 0.4) is 0 Å². The second kappa shape index (κ2) is 7.21. The molecule has 1 saturated carbocycles. The van der Waals surface area contributed by atoms with Crippen LogP contribution in [0.4, 0.5) is 4.39 Å². The molecule has 1 amide bonds. The van der Waals surface area contributed by atoms with Crippen molar-refractivity contribution in [3.8, 4) is 10.6 Å². The second-order valence-electron chi connectivity index (χ2n) is 5.93. The topological polar surface area (TPSA) is 33.2 Å². The fraction of sp³-hybridized carbons (Fsp3) is 0.444. The summed E-state index contributed by atoms with van der Waals surface area (Å²) < 4.78 is 13.0. The van der Waals surface area contributed by atoms with Crippen LogP contribution in [0.25, 0.3) is 10.6 Å². The highest BCUT2D eigenvalue weighted by Gasteiger charge is 2.26. The summed E-state index contributed by atoms with van der Waals surface area (Å²) in [6.45, 7) is 2.74. The minimum atomic E-state index is -0.268. The molecule has 1 fully saturated rings. The Labute approximate surface area is 140 Å². The molecule has 5 heteroatoms. The number of thiazole rings is 1. The Morgan fingerprint density at radius 1 is 1.26 bits per heavy atom. The summed E-state index contributed by atoms with van der Waals surface area (Å²) in [6.07, 6.45) is 5.86. The van der Waals surface area contributed by atoms with E-state index in [4.69, 9.17) is 0 Å². The molecule has 2 aromatic rings. The van der Waals surface area contributed by atoms with Crippen LogP contribution in [0.2, 0.25) is 0 Å². The van der Waals surface area contributed by atoms with Gasteiger partial charge in [-0.1, -0.05) is 19.3 Å². The van der Waals surface area contributed by atoms with Crippen LogP contribution in [0.1, 0.15) is 49.5 Å². The van der Waals surface area contributed by atoms with Gasteiger partial charge in [0.2, 0.25) is 0 Å². The first-order valence-corrected chi connectivity index (χ1v) is 9.09. The van der Waals surface area contributed by atoms with E-state index >= 15 is 0 Å². The number of hydrogen-bond acceptors (Lipinski definition) is 3. The average molecular weight is 332 g/mol. The summed E-state index contributed by atoms with van der Waals surface area (Å²) in [5.41, 5.74) is 1.35. The molecule has 0 N–H and O–H groups in total. The van der Waals surface area contributed by atoms with Crippen molar-refractivity contribution in [3.05, 3.63) is 41.2 Å². The first-order valence-electron chi connectivity index (χ1n) is 8.21. The lowest BCUT2D eigenvalue weighted by molar-refractivity contribution is 0.0643. The van der Waals surface area contributed by atoms with Gasteiger partial charge in [-0.25, -0.2) is 9.37 Å². The third kappa shape index (κ3) is 3.61. The van der Waals surface area contributed by atoms with E-state index in [2.05, 4.69) is 4.98 Å². The summed E-state index contributed by atoms with van der Waals surface area (Å²) in [5, 5.41) is 2.57. The van der Waals surface area contributed by atoms with Gasteiger partial charge in [0.15, 0.2) is 0 Å². The van der Waals surface area contributed by atoms with Crippen LogP contribution in [0.5, 0.6) is 0 Å². The number of aromatic nitrogens is 1. The van der Waals surface area contributed by atoms with Crippen LogP contribution in [-0.4, -0.2) is 28.4 Å². The van der Waals surface area contributed by atoms with Gasteiger partial charge in [-0.15, -0.1) is 11.3 Å². The lowest BCUT2D eigenvalue weighted by atomic mass is 9.94. The number of carbonyl (C=O) groups excluding carboxylic acids is 1. The van der Waals surface area contributed by atoms with E-state index < -0.39 is 0 Å². The highest BCUT2D eigenvalue weighted by atomic mass is 32.1. The Morgan fingerprint density at radius 2 is 1.96 bits per heavy atom. The molecule has 3 rings (SSSR count). The number of amides is 1. The molecule has 1 aromatic heterocycles. The Kier molecular flexibility index (Phi) is 5.06. The molecule has 0 radical (unpaired) electrons. The van der Waals surface area contributed by atoms with E-state index in [1.807, 2.05) is 17.2 Å². The van der Waals surface area contributed by atoms with E-state index in [9.17, 15) is 9.18 Å². The van der Waals surface area contributed by atoms with Gasteiger partial charge in [0.05, 0.1) is 0 Å². The van der Waals surface area contributed by atoms with Gasteiger partial charge >= 0.3 is 0 Å². The number of halogens is 1. The molecule has 0 unspecified atom stereocenters. The van der Waals surface area contributed by atoms with Gasteiger partial charge in [-0.3, -0.25) is 4.79 Å². The standard InChI is InChI=1S/C18H21FN2OS/c1-2-21(15-6-4-3-5-7-15)18(22)16-12-23-17(20-16)13-8-10-14(19)11-9-13/h8-12,15H,2-7H2,1H3. The van der Waals surface area contributed by atoms with Crippen molar-refractivity contribution >= 4 is 17.2 Å². The zero-order chi connectivity index (χ0) is 16.2. The maximum atomic E-state index is 13.0. The van der Waals surface area contributed by atoms with Gasteiger partial charge in [-0.05, 0) is 44.0 Å². The Bertz CT molecular complexity index is 662. The molecule has 3 nitrogen and oxygen atoms in total. The first kappa shape index (κ1) is 16.1. The van der Waals surface area contributed by atoms with Crippen LogP contribution in [0.15, 0.2) is 29.6 Å². The summed E-state index contributed by atoms with van der Waals surface area (Å²) in [6, 6.07) is 6.57. The van der Waals surface area contributed by atoms with Crippen molar-refractivity contribution in [3.63, 3.8) is 0 Å². The van der Waals surface area contributed by atoms with Gasteiger partial charge in [0, 0.05) is 23.5 Å². The third-order valence-electron chi connectivity index (χ3n) is 4.43. The van der Waals surface area contributed by atoms with E-state index in [1.165, 1.54) is 42.7 Å². The van der Waals surface area contributed by atoms with Crippen molar-refractivity contribution in [2.45, 2.75) is 45.1 Å². The van der Waals surface area contributed by atoms with Gasteiger partial charge in [-0.2, -0.15) is 0 Å². The number of nitrogens with zero attached hydrogens (tertiary/aromatic N) is 2. The highest BCUT2D eigenvalue weighted by molar-refractivity contribution is 7.13. The molecule has 122 valence electrons. The molecule has 23 heavy (non-hydrogen) atoms. The molecule has 1 aliphatic rings. The number of rotatable bonds is 4. The van der Waals surface area contributed by atoms with Crippen molar-refractivity contribution < 1.29 is 9.18 Å². The van der Waals surface area contributed by atoms with Crippen molar-refractivity contribution in [2.24, 2.45) is 0 Å². The Hall–Kier alpha value is -1.75. The molecule has 0 atom stereocenters. The molecular formula is C18H21FN2OS. The molecule has 1 aromatic carbocycles. The van der Waals surface area contributed by atoms with Crippen LogP contribution >= 0.6 is 11.3 Å². The minimum Gasteiger partial charge on any atom is -0.335 e. The molecule has 0 spiro atoms. The van der Waals surface area contributed by atoms with Crippen LogP contribution < -0.4 is 0 Å². The van der Waals surface area contributed by atoms with E-state index in [-0.39, 0.29) is 11.7 Å². The predicted octanol–water partition coefficient (Wildman–Crippen LogP) is 4.74. The summed E-state index contributed by atoms with van der Waals surface area (Å²) in [4.78, 5) is 19.2. The summed E-state index contributed by atoms with van der Waals surface area (Å²) in [7, 11) is 0. The lowest BCUT2D eigenvalue weighted by Gasteiger charge is -2.33. The first-order chi connectivity index (χ1) is 11.2. The Morgan fingerprint density at radius 3 is 2.61 bits per heavy atom.